The summed E-state index contributed by atoms with van der Waals surface area (Å²) in [5.74, 6) is 0.0576. The predicted octanol–water partition coefficient (Wildman–Crippen LogP) is 1.20. The Morgan fingerprint density at radius 2 is 2.28 bits per heavy atom. The van der Waals surface area contributed by atoms with Crippen molar-refractivity contribution in [3.05, 3.63) is 16.6 Å². The van der Waals surface area contributed by atoms with Crippen LogP contribution in [0.15, 0.2) is 11.7 Å². The summed E-state index contributed by atoms with van der Waals surface area (Å²) >= 11 is 1.37. The smallest absolute Gasteiger partial charge is 0.265 e. The molecule has 1 aromatic rings. The zero-order valence-electron chi connectivity index (χ0n) is 10.4. The highest BCUT2D eigenvalue weighted by Gasteiger charge is 2.26. The molecule has 0 saturated carbocycles. The summed E-state index contributed by atoms with van der Waals surface area (Å²) in [5, 5.41) is 9.02. The van der Waals surface area contributed by atoms with Gasteiger partial charge in [0.25, 0.3) is 5.91 Å². The van der Waals surface area contributed by atoms with E-state index in [0.717, 1.165) is 19.5 Å². The number of carbonyl (C=O) groups excluding carboxylic acids is 1. The van der Waals surface area contributed by atoms with Gasteiger partial charge in [-0.2, -0.15) is 5.26 Å². The van der Waals surface area contributed by atoms with E-state index in [2.05, 4.69) is 16.0 Å². The van der Waals surface area contributed by atoms with Gasteiger partial charge in [-0.15, -0.1) is 11.3 Å². The molecule has 1 saturated heterocycles. The van der Waals surface area contributed by atoms with Gasteiger partial charge in [-0.3, -0.25) is 14.7 Å². The molecule has 96 valence electrons. The molecular formula is C12H16N4OS. The van der Waals surface area contributed by atoms with Crippen molar-refractivity contribution in [1.82, 2.24) is 14.8 Å². The topological polar surface area (TPSA) is 60.2 Å². The summed E-state index contributed by atoms with van der Waals surface area (Å²) in [5.41, 5.74) is 1.67. The van der Waals surface area contributed by atoms with Crippen LogP contribution in [0.5, 0.6) is 0 Å². The van der Waals surface area contributed by atoms with Gasteiger partial charge in [-0.1, -0.05) is 6.92 Å². The Morgan fingerprint density at radius 3 is 2.78 bits per heavy atom. The monoisotopic (exact) mass is 264 g/mol. The number of amides is 1. The van der Waals surface area contributed by atoms with Crippen LogP contribution in [0.1, 0.15) is 23.0 Å². The number of nitrogens with zero attached hydrogens (tertiary/aromatic N) is 4. The average Bonchev–Trinajstić information content (AvgIpc) is 2.94. The number of hydrogen-bond acceptors (Lipinski definition) is 5. The van der Waals surface area contributed by atoms with E-state index in [9.17, 15) is 4.79 Å². The molecular weight excluding hydrogens is 248 g/mol. The molecule has 0 aliphatic carbocycles. The molecule has 18 heavy (non-hydrogen) atoms. The Kier molecular flexibility index (Phi) is 4.28. The number of carbonyl (C=O) groups is 1. The predicted molar refractivity (Wildman–Crippen MR) is 69.3 cm³/mol. The maximum Gasteiger partial charge on any atom is 0.265 e. The van der Waals surface area contributed by atoms with Gasteiger partial charge in [0.05, 0.1) is 23.8 Å². The first-order valence-electron chi connectivity index (χ1n) is 6.07. The molecule has 2 heterocycles. The van der Waals surface area contributed by atoms with Crippen LogP contribution in [-0.4, -0.2) is 52.9 Å². The molecule has 0 spiro atoms. The minimum Gasteiger partial charge on any atom is -0.335 e. The molecule has 0 N–H and O–H groups in total. The summed E-state index contributed by atoms with van der Waals surface area (Å²) < 4.78 is 0. The molecule has 1 fully saturated rings. The van der Waals surface area contributed by atoms with Crippen molar-refractivity contribution in [2.75, 3.05) is 26.2 Å². The third-order valence-corrected chi connectivity index (χ3v) is 3.98. The van der Waals surface area contributed by atoms with E-state index in [0.29, 0.717) is 18.0 Å². The number of aromatic nitrogens is 1. The standard InChI is InChI=1S/C12H16N4OS/c1-2-10(7-13)15-3-5-16(6-4-15)12(17)11-8-14-9-18-11/h8-10H,2-6H2,1H3. The largest absolute Gasteiger partial charge is 0.335 e. The minimum atomic E-state index is -0.0225. The first kappa shape index (κ1) is 13.0. The van der Waals surface area contributed by atoms with Crippen molar-refractivity contribution in [2.45, 2.75) is 19.4 Å². The van der Waals surface area contributed by atoms with Gasteiger partial charge in [-0.25, -0.2) is 0 Å². The Bertz CT molecular complexity index is 431. The molecule has 6 heteroatoms. The van der Waals surface area contributed by atoms with Crippen molar-refractivity contribution >= 4 is 17.2 Å². The Morgan fingerprint density at radius 1 is 1.56 bits per heavy atom. The second-order valence-electron chi connectivity index (χ2n) is 4.25. The minimum absolute atomic E-state index is 0.0225. The van der Waals surface area contributed by atoms with Crippen molar-refractivity contribution in [1.29, 1.82) is 5.26 Å². The lowest BCUT2D eigenvalue weighted by molar-refractivity contribution is 0.0609. The van der Waals surface area contributed by atoms with E-state index in [1.807, 2.05) is 11.8 Å². The van der Waals surface area contributed by atoms with E-state index < -0.39 is 0 Å². The Labute approximate surface area is 111 Å². The number of rotatable bonds is 3. The van der Waals surface area contributed by atoms with Gasteiger partial charge < -0.3 is 4.90 Å². The lowest BCUT2D eigenvalue weighted by atomic mass is 10.2. The molecule has 2 rings (SSSR count). The fourth-order valence-electron chi connectivity index (χ4n) is 2.15. The SMILES string of the molecule is CCC(C#N)N1CCN(C(=O)c2cncs2)CC1. The molecule has 1 amide bonds. The molecule has 1 unspecified atom stereocenters. The van der Waals surface area contributed by atoms with E-state index in [-0.39, 0.29) is 11.9 Å². The van der Waals surface area contributed by atoms with Crippen LogP contribution in [0.3, 0.4) is 0 Å². The molecule has 5 nitrogen and oxygen atoms in total. The van der Waals surface area contributed by atoms with Crippen molar-refractivity contribution in [2.24, 2.45) is 0 Å². The maximum absolute atomic E-state index is 12.1. The molecule has 1 aromatic heterocycles. The van der Waals surface area contributed by atoms with Crippen molar-refractivity contribution in [3.8, 4) is 6.07 Å². The van der Waals surface area contributed by atoms with Crippen LogP contribution in [0.25, 0.3) is 0 Å². The van der Waals surface area contributed by atoms with Gasteiger partial charge >= 0.3 is 0 Å². The lowest BCUT2D eigenvalue weighted by Crippen LogP contribution is -2.51. The second kappa shape index (κ2) is 5.94. The van der Waals surface area contributed by atoms with Crippen LogP contribution in [-0.2, 0) is 0 Å². The van der Waals surface area contributed by atoms with Crippen molar-refractivity contribution < 1.29 is 4.79 Å². The molecule has 0 radical (unpaired) electrons. The third kappa shape index (κ3) is 2.68. The van der Waals surface area contributed by atoms with Crippen LogP contribution >= 0.6 is 11.3 Å². The summed E-state index contributed by atoms with van der Waals surface area (Å²) in [4.78, 5) is 20.7. The summed E-state index contributed by atoms with van der Waals surface area (Å²) in [6.45, 7) is 4.94. The zero-order chi connectivity index (χ0) is 13.0. The van der Waals surface area contributed by atoms with Crippen LogP contribution < -0.4 is 0 Å². The van der Waals surface area contributed by atoms with Crippen LogP contribution in [0, 0.1) is 11.3 Å². The fraction of sp³-hybridized carbons (Fsp3) is 0.583. The highest BCUT2D eigenvalue weighted by Crippen LogP contribution is 2.14. The van der Waals surface area contributed by atoms with Crippen LogP contribution in [0.4, 0.5) is 0 Å². The highest BCUT2D eigenvalue weighted by molar-refractivity contribution is 7.11. The van der Waals surface area contributed by atoms with E-state index >= 15 is 0 Å². The first-order chi connectivity index (χ1) is 8.76. The fourth-order valence-corrected chi connectivity index (χ4v) is 2.73. The van der Waals surface area contributed by atoms with Gasteiger partial charge in [0, 0.05) is 26.2 Å². The summed E-state index contributed by atoms with van der Waals surface area (Å²) in [7, 11) is 0. The number of hydrogen-bond donors (Lipinski definition) is 0. The molecule has 1 aliphatic rings. The first-order valence-corrected chi connectivity index (χ1v) is 6.95. The molecule has 0 bridgehead atoms. The lowest BCUT2D eigenvalue weighted by Gasteiger charge is -2.36. The van der Waals surface area contributed by atoms with Gasteiger partial charge in [0.1, 0.15) is 4.88 Å². The van der Waals surface area contributed by atoms with E-state index in [1.165, 1.54) is 11.3 Å². The summed E-state index contributed by atoms with van der Waals surface area (Å²) in [6.07, 6.45) is 2.45. The number of thiazole rings is 1. The van der Waals surface area contributed by atoms with Gasteiger partial charge in [0.15, 0.2) is 0 Å². The van der Waals surface area contributed by atoms with Gasteiger partial charge in [0.2, 0.25) is 0 Å². The quantitative estimate of drug-likeness (QED) is 0.823. The number of nitriles is 1. The van der Waals surface area contributed by atoms with E-state index in [4.69, 9.17) is 5.26 Å². The Balaban J connectivity index is 1.91. The van der Waals surface area contributed by atoms with Gasteiger partial charge in [-0.05, 0) is 6.42 Å². The van der Waals surface area contributed by atoms with E-state index in [1.54, 1.807) is 11.7 Å². The molecule has 1 atom stereocenters. The molecule has 0 aromatic carbocycles. The maximum atomic E-state index is 12.1. The normalized spacial score (nSPS) is 18.3. The third-order valence-electron chi connectivity index (χ3n) is 3.22. The van der Waals surface area contributed by atoms with Crippen LogP contribution in [0.2, 0.25) is 0 Å². The number of piperazine rings is 1. The summed E-state index contributed by atoms with van der Waals surface area (Å²) in [6, 6.07) is 2.29. The second-order valence-corrected chi connectivity index (χ2v) is 5.13. The molecule has 1 aliphatic heterocycles. The van der Waals surface area contributed by atoms with Crippen molar-refractivity contribution in [3.63, 3.8) is 0 Å². The zero-order valence-corrected chi connectivity index (χ0v) is 11.2. The highest BCUT2D eigenvalue weighted by atomic mass is 32.1. The average molecular weight is 264 g/mol. The Hall–Kier alpha value is -1.45.